The number of fused-ring (bicyclic) bond motifs is 1. The highest BCUT2D eigenvalue weighted by Crippen LogP contribution is 2.32. The number of unbranched alkanes of at least 4 members (excludes halogenated alkanes) is 1. The lowest BCUT2D eigenvalue weighted by molar-refractivity contribution is -0.137. The summed E-state index contributed by atoms with van der Waals surface area (Å²) in [5.74, 6) is 0.774. The Labute approximate surface area is 179 Å². The Hall–Kier alpha value is -2.74. The Bertz CT molecular complexity index is 925. The van der Waals surface area contributed by atoms with Crippen molar-refractivity contribution in [3.63, 3.8) is 0 Å². The highest BCUT2D eigenvalue weighted by atomic mass is 19.4. The minimum Gasteiger partial charge on any atom is -0.494 e. The van der Waals surface area contributed by atoms with Crippen LogP contribution in [0.15, 0.2) is 42.5 Å². The average molecular weight is 433 g/mol. The summed E-state index contributed by atoms with van der Waals surface area (Å²) in [5.41, 5.74) is 1.87. The minimum atomic E-state index is -4.31. The molecule has 2 aromatic carbocycles. The third kappa shape index (κ3) is 5.50. The van der Waals surface area contributed by atoms with Gasteiger partial charge in [0.1, 0.15) is 5.75 Å². The molecule has 2 aliphatic heterocycles. The zero-order valence-electron chi connectivity index (χ0n) is 17.3. The van der Waals surface area contributed by atoms with Gasteiger partial charge in [-0.1, -0.05) is 12.1 Å². The van der Waals surface area contributed by atoms with E-state index in [-0.39, 0.29) is 5.91 Å². The maximum Gasteiger partial charge on any atom is 0.416 e. The summed E-state index contributed by atoms with van der Waals surface area (Å²) in [6, 6.07) is 11.2. The molecule has 0 radical (unpaired) electrons. The summed E-state index contributed by atoms with van der Waals surface area (Å²) < 4.78 is 44.6. The quantitative estimate of drug-likeness (QED) is 0.666. The second-order valence-electron chi connectivity index (χ2n) is 7.98. The third-order valence-electron chi connectivity index (χ3n) is 5.75. The molecule has 1 N–H and O–H groups in total. The standard InChI is InChI=1S/C23H26F3N3O2/c24-23(25,26)18-4-3-5-19(15-18)29-11-9-28(10-12-29)8-1-2-13-31-20-7-6-17-14-22(30)27-21(17)16-20/h3-7,15-16H,1-2,8-14H2,(H,27,30). The van der Waals surface area contributed by atoms with Crippen LogP contribution in [0.4, 0.5) is 24.5 Å². The number of carbonyl (C=O) groups is 1. The molecule has 0 unspecified atom stereocenters. The van der Waals surface area contributed by atoms with Crippen molar-refractivity contribution in [2.24, 2.45) is 0 Å². The van der Waals surface area contributed by atoms with E-state index in [1.54, 1.807) is 6.07 Å². The van der Waals surface area contributed by atoms with Crippen molar-refractivity contribution in [2.45, 2.75) is 25.4 Å². The van der Waals surface area contributed by atoms with E-state index in [0.717, 1.165) is 68.6 Å². The fourth-order valence-corrected chi connectivity index (χ4v) is 4.02. The number of amides is 1. The predicted molar refractivity (Wildman–Crippen MR) is 114 cm³/mol. The molecule has 0 aliphatic carbocycles. The second-order valence-corrected chi connectivity index (χ2v) is 7.98. The van der Waals surface area contributed by atoms with Crippen LogP contribution < -0.4 is 15.0 Å². The van der Waals surface area contributed by atoms with Gasteiger partial charge in [-0.15, -0.1) is 0 Å². The number of carbonyl (C=O) groups excluding carboxylic acids is 1. The van der Waals surface area contributed by atoms with Gasteiger partial charge in [-0.25, -0.2) is 0 Å². The highest BCUT2D eigenvalue weighted by Gasteiger charge is 2.31. The first-order valence-corrected chi connectivity index (χ1v) is 10.6. The number of rotatable bonds is 7. The first kappa shape index (κ1) is 21.5. The molecule has 0 bridgehead atoms. The zero-order chi connectivity index (χ0) is 21.8. The molecule has 0 saturated carbocycles. The Morgan fingerprint density at radius 1 is 1.00 bits per heavy atom. The fourth-order valence-electron chi connectivity index (χ4n) is 4.02. The summed E-state index contributed by atoms with van der Waals surface area (Å²) in [5, 5.41) is 2.82. The smallest absolute Gasteiger partial charge is 0.416 e. The van der Waals surface area contributed by atoms with Crippen LogP contribution in [0.1, 0.15) is 24.0 Å². The Kier molecular flexibility index (Phi) is 6.36. The van der Waals surface area contributed by atoms with Crippen molar-refractivity contribution in [3.8, 4) is 5.75 Å². The maximum absolute atomic E-state index is 12.9. The van der Waals surface area contributed by atoms with Crippen LogP contribution in [-0.4, -0.2) is 50.1 Å². The number of hydrogen-bond acceptors (Lipinski definition) is 4. The fraction of sp³-hybridized carbons (Fsp3) is 0.435. The molecule has 5 nitrogen and oxygen atoms in total. The van der Waals surface area contributed by atoms with Crippen molar-refractivity contribution in [2.75, 3.05) is 49.5 Å². The number of hydrogen-bond donors (Lipinski definition) is 1. The van der Waals surface area contributed by atoms with E-state index >= 15 is 0 Å². The molecule has 8 heteroatoms. The van der Waals surface area contributed by atoms with Crippen LogP contribution in [0.5, 0.6) is 5.75 Å². The SMILES string of the molecule is O=C1Cc2ccc(OCCCCN3CCN(c4cccc(C(F)(F)F)c4)CC3)cc2N1. The van der Waals surface area contributed by atoms with Gasteiger partial charge < -0.3 is 15.0 Å². The van der Waals surface area contributed by atoms with Gasteiger partial charge in [-0.2, -0.15) is 13.2 Å². The number of piperazine rings is 1. The van der Waals surface area contributed by atoms with Crippen molar-refractivity contribution in [1.29, 1.82) is 0 Å². The molecule has 2 heterocycles. The van der Waals surface area contributed by atoms with Crippen LogP contribution in [0.25, 0.3) is 0 Å². The van der Waals surface area contributed by atoms with Gasteiger partial charge in [0.15, 0.2) is 0 Å². The monoisotopic (exact) mass is 433 g/mol. The molecule has 1 saturated heterocycles. The summed E-state index contributed by atoms with van der Waals surface area (Å²) in [4.78, 5) is 15.8. The molecule has 2 aliphatic rings. The lowest BCUT2D eigenvalue weighted by Crippen LogP contribution is -2.46. The van der Waals surface area contributed by atoms with Gasteiger partial charge in [-0.05, 0) is 49.2 Å². The summed E-state index contributed by atoms with van der Waals surface area (Å²) in [6.45, 7) is 4.66. The van der Waals surface area contributed by atoms with E-state index in [2.05, 4.69) is 10.2 Å². The molecular formula is C23H26F3N3O2. The van der Waals surface area contributed by atoms with Gasteiger partial charge in [-0.3, -0.25) is 9.69 Å². The topological polar surface area (TPSA) is 44.8 Å². The first-order valence-electron chi connectivity index (χ1n) is 10.6. The number of halogens is 3. The van der Waals surface area contributed by atoms with Crippen molar-refractivity contribution >= 4 is 17.3 Å². The number of nitrogens with one attached hydrogen (secondary N) is 1. The van der Waals surface area contributed by atoms with E-state index in [1.165, 1.54) is 12.1 Å². The van der Waals surface area contributed by atoms with E-state index in [9.17, 15) is 18.0 Å². The molecule has 1 amide bonds. The third-order valence-corrected chi connectivity index (χ3v) is 5.75. The molecule has 4 rings (SSSR count). The van der Waals surface area contributed by atoms with E-state index in [1.807, 2.05) is 23.1 Å². The van der Waals surface area contributed by atoms with Crippen molar-refractivity contribution < 1.29 is 22.7 Å². The number of benzene rings is 2. The molecule has 166 valence electrons. The van der Waals surface area contributed by atoms with Gasteiger partial charge in [0.05, 0.1) is 18.6 Å². The number of ether oxygens (including phenoxy) is 1. The molecule has 0 spiro atoms. The Morgan fingerprint density at radius 3 is 2.58 bits per heavy atom. The van der Waals surface area contributed by atoms with Crippen molar-refractivity contribution in [3.05, 3.63) is 53.6 Å². The normalized spacial score (nSPS) is 16.9. The maximum atomic E-state index is 12.9. The largest absolute Gasteiger partial charge is 0.494 e. The van der Waals surface area contributed by atoms with E-state index < -0.39 is 11.7 Å². The summed E-state index contributed by atoms with van der Waals surface area (Å²) >= 11 is 0. The molecular weight excluding hydrogens is 407 g/mol. The van der Waals surface area contributed by atoms with Crippen LogP contribution >= 0.6 is 0 Å². The Morgan fingerprint density at radius 2 is 1.81 bits per heavy atom. The number of nitrogens with zero attached hydrogens (tertiary/aromatic N) is 2. The Balaban J connectivity index is 1.15. The minimum absolute atomic E-state index is 0.0142. The summed E-state index contributed by atoms with van der Waals surface area (Å²) in [6.07, 6.45) is -1.98. The highest BCUT2D eigenvalue weighted by molar-refractivity contribution is 5.99. The van der Waals surface area contributed by atoms with Gasteiger partial charge in [0, 0.05) is 43.6 Å². The van der Waals surface area contributed by atoms with Gasteiger partial charge in [0.25, 0.3) is 0 Å². The number of alkyl halides is 3. The van der Waals surface area contributed by atoms with Crippen LogP contribution in [0.2, 0.25) is 0 Å². The first-order chi connectivity index (χ1) is 14.9. The van der Waals surface area contributed by atoms with E-state index in [0.29, 0.717) is 18.7 Å². The van der Waals surface area contributed by atoms with Crippen molar-refractivity contribution in [1.82, 2.24) is 4.90 Å². The van der Waals surface area contributed by atoms with Gasteiger partial charge in [0.2, 0.25) is 5.91 Å². The van der Waals surface area contributed by atoms with E-state index in [4.69, 9.17) is 4.74 Å². The zero-order valence-corrected chi connectivity index (χ0v) is 17.3. The average Bonchev–Trinajstić information content (AvgIpc) is 3.13. The molecule has 0 atom stereocenters. The number of anilines is 2. The molecule has 0 aromatic heterocycles. The van der Waals surface area contributed by atoms with Gasteiger partial charge >= 0.3 is 6.18 Å². The van der Waals surface area contributed by atoms with Crippen LogP contribution in [0, 0.1) is 0 Å². The molecule has 1 fully saturated rings. The lowest BCUT2D eigenvalue weighted by Gasteiger charge is -2.36. The van der Waals surface area contributed by atoms with Crippen LogP contribution in [-0.2, 0) is 17.4 Å². The lowest BCUT2D eigenvalue weighted by atomic mass is 10.1. The predicted octanol–water partition coefficient (Wildman–Crippen LogP) is 4.18. The second kappa shape index (κ2) is 9.18. The molecule has 31 heavy (non-hydrogen) atoms. The van der Waals surface area contributed by atoms with Crippen LogP contribution in [0.3, 0.4) is 0 Å². The summed E-state index contributed by atoms with van der Waals surface area (Å²) in [7, 11) is 0. The molecule has 2 aromatic rings.